The molecule has 0 spiro atoms. The molecule has 0 aliphatic carbocycles. The second kappa shape index (κ2) is 8.52. The number of ether oxygens (including phenoxy) is 1. The fourth-order valence-corrected chi connectivity index (χ4v) is 2.33. The zero-order valence-corrected chi connectivity index (χ0v) is 12.2. The highest BCUT2D eigenvalue weighted by atomic mass is 16.5. The Morgan fingerprint density at radius 3 is 2.70 bits per heavy atom. The van der Waals surface area contributed by atoms with E-state index in [0.717, 1.165) is 24.3 Å². The van der Waals surface area contributed by atoms with E-state index in [4.69, 9.17) is 4.74 Å². The number of likely N-dealkylation sites (N-methyl/N-ethyl adjacent to an activating group) is 1. The number of carbonyl (C=O) groups is 3. The van der Waals surface area contributed by atoms with Gasteiger partial charge in [-0.1, -0.05) is 0 Å². The minimum absolute atomic E-state index is 0.0100. The predicted octanol–water partition coefficient (Wildman–Crippen LogP) is -2.29. The molecule has 0 aromatic carbocycles. The second-order valence-electron chi connectivity index (χ2n) is 4.92. The molecule has 114 valence electrons. The van der Waals surface area contributed by atoms with Crippen molar-refractivity contribution in [1.82, 2.24) is 10.6 Å². The Morgan fingerprint density at radius 1 is 1.30 bits per heavy atom. The maximum absolute atomic E-state index is 11.7. The van der Waals surface area contributed by atoms with Gasteiger partial charge in [-0.3, -0.25) is 14.4 Å². The van der Waals surface area contributed by atoms with Gasteiger partial charge in [0.1, 0.15) is 5.92 Å². The van der Waals surface area contributed by atoms with Crippen molar-refractivity contribution in [3.8, 4) is 0 Å². The molecule has 20 heavy (non-hydrogen) atoms. The SMILES string of the molecule is CCOC(=O)[C@@H]1CCC[NH+](CC(=O)NCC(=O)NC)C1. The third-order valence-electron chi connectivity index (χ3n) is 3.37. The van der Waals surface area contributed by atoms with Crippen LogP contribution < -0.4 is 15.5 Å². The normalized spacial score (nSPS) is 21.9. The van der Waals surface area contributed by atoms with Gasteiger partial charge in [0.2, 0.25) is 5.91 Å². The second-order valence-corrected chi connectivity index (χ2v) is 4.92. The van der Waals surface area contributed by atoms with E-state index in [-0.39, 0.29) is 36.8 Å². The molecule has 1 aliphatic heterocycles. The van der Waals surface area contributed by atoms with Crippen LogP contribution in [-0.4, -0.2) is 57.6 Å². The van der Waals surface area contributed by atoms with E-state index in [2.05, 4.69) is 10.6 Å². The Balaban J connectivity index is 2.34. The molecule has 0 radical (unpaired) electrons. The van der Waals surface area contributed by atoms with Crippen LogP contribution in [0.15, 0.2) is 0 Å². The Hall–Kier alpha value is -1.63. The first-order valence-corrected chi connectivity index (χ1v) is 7.04. The number of amides is 2. The molecule has 1 heterocycles. The Bertz CT molecular complexity index is 360. The van der Waals surface area contributed by atoms with E-state index < -0.39 is 0 Å². The maximum Gasteiger partial charge on any atom is 0.314 e. The van der Waals surface area contributed by atoms with Crippen molar-refractivity contribution < 1.29 is 24.0 Å². The standard InChI is InChI=1S/C13H23N3O4/c1-3-20-13(19)10-5-4-6-16(8-10)9-12(18)15-7-11(17)14-2/h10H,3-9H2,1-2H3,(H,14,17)(H,15,18)/p+1/t10-/m1/s1. The highest BCUT2D eigenvalue weighted by molar-refractivity contribution is 5.84. The lowest BCUT2D eigenvalue weighted by molar-refractivity contribution is -0.899. The molecule has 1 unspecified atom stereocenters. The molecule has 2 atom stereocenters. The minimum atomic E-state index is -0.226. The van der Waals surface area contributed by atoms with Crippen molar-refractivity contribution in [2.75, 3.05) is 39.8 Å². The molecule has 0 bridgehead atoms. The molecule has 0 saturated carbocycles. The third kappa shape index (κ3) is 5.56. The number of rotatable bonds is 6. The number of hydrogen-bond acceptors (Lipinski definition) is 4. The van der Waals surface area contributed by atoms with Gasteiger partial charge in [-0.25, -0.2) is 0 Å². The number of carbonyl (C=O) groups excluding carboxylic acids is 3. The van der Waals surface area contributed by atoms with Crippen molar-refractivity contribution in [3.05, 3.63) is 0 Å². The van der Waals surface area contributed by atoms with E-state index >= 15 is 0 Å². The first kappa shape index (κ1) is 16.4. The van der Waals surface area contributed by atoms with Crippen molar-refractivity contribution in [1.29, 1.82) is 0 Å². The van der Waals surface area contributed by atoms with Crippen LogP contribution in [0.25, 0.3) is 0 Å². The Morgan fingerprint density at radius 2 is 2.05 bits per heavy atom. The number of esters is 1. The number of hydrogen-bond donors (Lipinski definition) is 3. The van der Waals surface area contributed by atoms with Crippen molar-refractivity contribution >= 4 is 17.8 Å². The summed E-state index contributed by atoms with van der Waals surface area (Å²) in [6.07, 6.45) is 1.73. The fraction of sp³-hybridized carbons (Fsp3) is 0.769. The zero-order chi connectivity index (χ0) is 15.0. The molecule has 0 aromatic rings. The van der Waals surface area contributed by atoms with E-state index in [1.807, 2.05) is 0 Å². The van der Waals surface area contributed by atoms with Gasteiger partial charge < -0.3 is 20.3 Å². The smallest absolute Gasteiger partial charge is 0.314 e. The molecule has 2 amide bonds. The lowest BCUT2D eigenvalue weighted by Gasteiger charge is -2.28. The van der Waals surface area contributed by atoms with Crippen LogP contribution in [0.4, 0.5) is 0 Å². The Labute approximate surface area is 119 Å². The monoisotopic (exact) mass is 286 g/mol. The van der Waals surface area contributed by atoms with E-state index in [1.54, 1.807) is 6.92 Å². The number of nitrogens with one attached hydrogen (secondary N) is 3. The number of piperidine rings is 1. The highest BCUT2D eigenvalue weighted by Crippen LogP contribution is 2.09. The first-order chi connectivity index (χ1) is 9.56. The summed E-state index contributed by atoms with van der Waals surface area (Å²) in [5, 5.41) is 5.00. The van der Waals surface area contributed by atoms with Gasteiger partial charge in [0.05, 0.1) is 26.2 Å². The first-order valence-electron chi connectivity index (χ1n) is 7.04. The van der Waals surface area contributed by atoms with Gasteiger partial charge >= 0.3 is 5.97 Å². The van der Waals surface area contributed by atoms with E-state index in [9.17, 15) is 14.4 Å². The molecule has 1 saturated heterocycles. The molecular formula is C13H24N3O4+. The van der Waals surface area contributed by atoms with Crippen molar-refractivity contribution in [3.63, 3.8) is 0 Å². The highest BCUT2D eigenvalue weighted by Gasteiger charge is 2.30. The van der Waals surface area contributed by atoms with Crippen LogP contribution >= 0.6 is 0 Å². The molecular weight excluding hydrogens is 262 g/mol. The molecule has 0 aromatic heterocycles. The summed E-state index contributed by atoms with van der Waals surface area (Å²) in [5.74, 6) is -0.689. The van der Waals surface area contributed by atoms with Crippen LogP contribution in [0.2, 0.25) is 0 Å². The molecule has 3 N–H and O–H groups in total. The summed E-state index contributed by atoms with van der Waals surface area (Å²) >= 11 is 0. The van der Waals surface area contributed by atoms with E-state index in [0.29, 0.717) is 13.2 Å². The van der Waals surface area contributed by atoms with Crippen LogP contribution in [0.5, 0.6) is 0 Å². The molecule has 1 aliphatic rings. The lowest BCUT2D eigenvalue weighted by atomic mass is 9.98. The third-order valence-corrected chi connectivity index (χ3v) is 3.37. The Kier molecular flexibility index (Phi) is 7.00. The summed E-state index contributed by atoms with van der Waals surface area (Å²) in [6, 6.07) is 0. The summed E-state index contributed by atoms with van der Waals surface area (Å²) in [7, 11) is 1.52. The van der Waals surface area contributed by atoms with Gasteiger partial charge in [-0.15, -0.1) is 0 Å². The van der Waals surface area contributed by atoms with E-state index in [1.165, 1.54) is 7.05 Å². The summed E-state index contributed by atoms with van der Waals surface area (Å²) in [5.41, 5.74) is 0. The number of likely N-dealkylation sites (tertiary alicyclic amines) is 1. The quantitative estimate of drug-likeness (QED) is 0.479. The fourth-order valence-electron chi connectivity index (χ4n) is 2.33. The van der Waals surface area contributed by atoms with Gasteiger partial charge in [0.25, 0.3) is 5.91 Å². The predicted molar refractivity (Wildman–Crippen MR) is 72.0 cm³/mol. The van der Waals surface area contributed by atoms with Crippen LogP contribution in [0.3, 0.4) is 0 Å². The number of quaternary nitrogens is 1. The average molecular weight is 286 g/mol. The molecule has 1 rings (SSSR count). The van der Waals surface area contributed by atoms with Crippen molar-refractivity contribution in [2.45, 2.75) is 19.8 Å². The van der Waals surface area contributed by atoms with Crippen LogP contribution in [0, 0.1) is 5.92 Å². The van der Waals surface area contributed by atoms with Crippen LogP contribution in [-0.2, 0) is 19.1 Å². The zero-order valence-electron chi connectivity index (χ0n) is 12.2. The molecule has 7 nitrogen and oxygen atoms in total. The minimum Gasteiger partial charge on any atom is -0.466 e. The largest absolute Gasteiger partial charge is 0.466 e. The average Bonchev–Trinajstić information content (AvgIpc) is 2.45. The van der Waals surface area contributed by atoms with Gasteiger partial charge in [0.15, 0.2) is 6.54 Å². The maximum atomic E-state index is 11.7. The van der Waals surface area contributed by atoms with Crippen molar-refractivity contribution in [2.24, 2.45) is 5.92 Å². The summed E-state index contributed by atoms with van der Waals surface area (Å²) in [4.78, 5) is 35.5. The summed E-state index contributed by atoms with van der Waals surface area (Å²) in [6.45, 7) is 3.93. The molecule has 7 heteroatoms. The topological polar surface area (TPSA) is 88.9 Å². The van der Waals surface area contributed by atoms with Gasteiger partial charge in [-0.2, -0.15) is 0 Å². The lowest BCUT2D eigenvalue weighted by Crippen LogP contribution is -3.14. The summed E-state index contributed by atoms with van der Waals surface area (Å²) < 4.78 is 5.02. The molecule has 1 fully saturated rings. The van der Waals surface area contributed by atoms with Gasteiger partial charge in [0, 0.05) is 7.05 Å². The van der Waals surface area contributed by atoms with Crippen LogP contribution in [0.1, 0.15) is 19.8 Å². The van der Waals surface area contributed by atoms with Gasteiger partial charge in [-0.05, 0) is 19.8 Å².